The molecule has 1 fully saturated rings. The van der Waals surface area contributed by atoms with Gasteiger partial charge in [0.15, 0.2) is 5.67 Å². The fourth-order valence-electron chi connectivity index (χ4n) is 3.87. The van der Waals surface area contributed by atoms with Gasteiger partial charge in [-0.15, -0.1) is 0 Å². The fourth-order valence-corrected chi connectivity index (χ4v) is 3.87. The fraction of sp³-hybridized carbons (Fsp3) is 0.286. The molecule has 1 aromatic carbocycles. The zero-order chi connectivity index (χ0) is 19.7. The number of halogens is 2. The van der Waals surface area contributed by atoms with Gasteiger partial charge in [0.25, 0.3) is 0 Å². The number of rotatable bonds is 3. The Balaban J connectivity index is 1.68. The molecule has 2 aromatic heterocycles. The summed E-state index contributed by atoms with van der Waals surface area (Å²) in [5.74, 6) is -0.557. The van der Waals surface area contributed by atoms with Crippen LogP contribution in [-0.4, -0.2) is 27.6 Å². The number of para-hydroxylation sites is 1. The first-order valence-corrected chi connectivity index (χ1v) is 9.07. The molecule has 0 aliphatic carbocycles. The van der Waals surface area contributed by atoms with Crippen LogP contribution >= 0.6 is 0 Å². The molecule has 5 nitrogen and oxygen atoms in total. The van der Waals surface area contributed by atoms with Gasteiger partial charge in [0, 0.05) is 50.3 Å². The summed E-state index contributed by atoms with van der Waals surface area (Å²) in [6.07, 6.45) is 5.23. The van der Waals surface area contributed by atoms with Gasteiger partial charge in [-0.05, 0) is 18.2 Å². The smallest absolute Gasteiger partial charge is 0.212 e. The Hall–Kier alpha value is -3.27. The summed E-state index contributed by atoms with van der Waals surface area (Å²) < 4.78 is 30.5. The summed E-state index contributed by atoms with van der Waals surface area (Å²) in [5.41, 5.74) is 1.89. The molecule has 1 aliphatic heterocycles. The van der Waals surface area contributed by atoms with Crippen LogP contribution in [0.4, 0.5) is 14.5 Å². The number of imidazole rings is 1. The van der Waals surface area contributed by atoms with Gasteiger partial charge in [0.05, 0.1) is 29.5 Å². The minimum absolute atomic E-state index is 0.299. The Bertz CT molecular complexity index is 1030. The van der Waals surface area contributed by atoms with E-state index in [0.717, 1.165) is 16.8 Å². The van der Waals surface area contributed by atoms with E-state index in [-0.39, 0.29) is 0 Å². The molecule has 1 aliphatic rings. The van der Waals surface area contributed by atoms with Crippen molar-refractivity contribution in [1.82, 2.24) is 14.5 Å². The monoisotopic (exact) mass is 379 g/mol. The molecule has 0 atom stereocenters. The van der Waals surface area contributed by atoms with E-state index in [9.17, 15) is 9.65 Å². The second-order valence-corrected chi connectivity index (χ2v) is 7.03. The Labute approximate surface area is 161 Å². The summed E-state index contributed by atoms with van der Waals surface area (Å²) in [4.78, 5) is 9.80. The highest BCUT2D eigenvalue weighted by molar-refractivity contribution is 5.82. The van der Waals surface area contributed by atoms with Gasteiger partial charge >= 0.3 is 0 Å². The first kappa shape index (κ1) is 18.1. The third-order valence-electron chi connectivity index (χ3n) is 5.34. The van der Waals surface area contributed by atoms with Crippen LogP contribution < -0.4 is 4.90 Å². The molecular weight excluding hydrogens is 360 g/mol. The van der Waals surface area contributed by atoms with Crippen LogP contribution in [0, 0.1) is 17.3 Å². The highest BCUT2D eigenvalue weighted by Gasteiger charge is 2.39. The van der Waals surface area contributed by atoms with Crippen molar-refractivity contribution in [2.45, 2.75) is 18.5 Å². The molecule has 28 heavy (non-hydrogen) atoms. The summed E-state index contributed by atoms with van der Waals surface area (Å²) >= 11 is 0. The number of alkyl halides is 1. The van der Waals surface area contributed by atoms with Crippen molar-refractivity contribution in [3.8, 4) is 17.2 Å². The number of nitriles is 1. The highest BCUT2D eigenvalue weighted by atomic mass is 19.1. The average Bonchev–Trinajstić information content (AvgIpc) is 3.15. The maximum Gasteiger partial charge on any atom is 0.212 e. The lowest BCUT2D eigenvalue weighted by molar-refractivity contribution is 0.115. The van der Waals surface area contributed by atoms with E-state index in [1.165, 1.54) is 12.3 Å². The predicted octanol–water partition coefficient (Wildman–Crippen LogP) is 3.96. The van der Waals surface area contributed by atoms with Crippen molar-refractivity contribution in [2.75, 3.05) is 18.0 Å². The number of aromatic nitrogens is 3. The zero-order valence-electron chi connectivity index (χ0n) is 15.4. The molecule has 0 radical (unpaired) electrons. The molecule has 0 N–H and O–H groups in total. The van der Waals surface area contributed by atoms with E-state index in [1.807, 2.05) is 11.0 Å². The van der Waals surface area contributed by atoms with E-state index in [0.29, 0.717) is 37.2 Å². The largest absolute Gasteiger partial charge is 0.370 e. The molecule has 0 saturated carbocycles. The highest BCUT2D eigenvalue weighted by Crippen LogP contribution is 2.41. The zero-order valence-corrected chi connectivity index (χ0v) is 15.4. The van der Waals surface area contributed by atoms with E-state index >= 15 is 4.39 Å². The minimum atomic E-state index is -1.44. The number of hydrogen-bond acceptors (Lipinski definition) is 4. The SMILES string of the molecule is Cn1cncc1C1(F)CCN(c2c(C#N)cccc2-c2ccc(F)nc2)CC1. The number of hydrogen-bond donors (Lipinski definition) is 0. The normalized spacial score (nSPS) is 16.0. The second kappa shape index (κ2) is 7.04. The first-order valence-electron chi connectivity index (χ1n) is 9.07. The first-order chi connectivity index (χ1) is 13.5. The lowest BCUT2D eigenvalue weighted by atomic mass is 9.89. The third-order valence-corrected chi connectivity index (χ3v) is 5.34. The van der Waals surface area contributed by atoms with E-state index in [1.54, 1.807) is 42.3 Å². The summed E-state index contributed by atoms with van der Waals surface area (Å²) in [6, 6.07) is 10.6. The molecule has 4 rings (SSSR count). The van der Waals surface area contributed by atoms with Gasteiger partial charge in [0.2, 0.25) is 5.95 Å². The van der Waals surface area contributed by atoms with Crippen molar-refractivity contribution in [3.63, 3.8) is 0 Å². The topological polar surface area (TPSA) is 57.7 Å². The van der Waals surface area contributed by atoms with E-state index in [4.69, 9.17) is 0 Å². The van der Waals surface area contributed by atoms with Crippen LogP contribution in [0.3, 0.4) is 0 Å². The van der Waals surface area contributed by atoms with Gasteiger partial charge in [-0.25, -0.2) is 14.4 Å². The molecule has 0 spiro atoms. The molecule has 0 amide bonds. The van der Waals surface area contributed by atoms with Crippen molar-refractivity contribution in [1.29, 1.82) is 5.26 Å². The van der Waals surface area contributed by atoms with Crippen LogP contribution in [0.2, 0.25) is 0 Å². The van der Waals surface area contributed by atoms with Gasteiger partial charge in [-0.1, -0.05) is 12.1 Å². The predicted molar refractivity (Wildman–Crippen MR) is 102 cm³/mol. The van der Waals surface area contributed by atoms with E-state index < -0.39 is 11.6 Å². The van der Waals surface area contributed by atoms with Crippen LogP contribution in [0.15, 0.2) is 49.1 Å². The molecule has 0 unspecified atom stereocenters. The van der Waals surface area contributed by atoms with Gasteiger partial charge < -0.3 is 9.47 Å². The molecule has 142 valence electrons. The average molecular weight is 379 g/mol. The quantitative estimate of drug-likeness (QED) is 0.647. The molecule has 3 heterocycles. The molecule has 1 saturated heterocycles. The summed E-state index contributed by atoms with van der Waals surface area (Å²) in [6.45, 7) is 0.921. The third kappa shape index (κ3) is 3.11. The number of anilines is 1. The molecule has 3 aromatic rings. The maximum absolute atomic E-state index is 15.5. The summed E-state index contributed by atoms with van der Waals surface area (Å²) in [5, 5.41) is 9.62. The maximum atomic E-state index is 15.5. The lowest BCUT2D eigenvalue weighted by Gasteiger charge is -2.38. The van der Waals surface area contributed by atoms with Gasteiger partial charge in [-0.2, -0.15) is 9.65 Å². The van der Waals surface area contributed by atoms with Crippen molar-refractivity contribution in [3.05, 3.63) is 66.3 Å². The minimum Gasteiger partial charge on any atom is -0.370 e. The van der Waals surface area contributed by atoms with Crippen molar-refractivity contribution in [2.24, 2.45) is 7.05 Å². The van der Waals surface area contributed by atoms with Crippen LogP contribution in [0.5, 0.6) is 0 Å². The Morgan fingerprint density at radius 2 is 1.93 bits per heavy atom. The van der Waals surface area contributed by atoms with Crippen LogP contribution in [0.25, 0.3) is 11.1 Å². The second-order valence-electron chi connectivity index (χ2n) is 7.03. The van der Waals surface area contributed by atoms with E-state index in [2.05, 4.69) is 16.0 Å². The molecule has 7 heteroatoms. The number of pyridine rings is 1. The van der Waals surface area contributed by atoms with Gasteiger partial charge in [-0.3, -0.25) is 0 Å². The Morgan fingerprint density at radius 1 is 1.14 bits per heavy atom. The number of aryl methyl sites for hydroxylation is 1. The lowest BCUT2D eigenvalue weighted by Crippen LogP contribution is -2.41. The van der Waals surface area contributed by atoms with Crippen molar-refractivity contribution >= 4 is 5.69 Å². The number of nitrogens with zero attached hydrogens (tertiary/aromatic N) is 5. The van der Waals surface area contributed by atoms with Crippen LogP contribution in [0.1, 0.15) is 24.1 Å². The Kier molecular flexibility index (Phi) is 4.55. The standard InChI is InChI=1S/C21H19F2N5/c1-27-14-25-13-18(27)21(23)7-9-28(10-8-21)20-15(11-24)3-2-4-17(20)16-5-6-19(22)26-12-16/h2-6,12-14H,7-10H2,1H3. The number of piperidine rings is 1. The number of benzene rings is 1. The van der Waals surface area contributed by atoms with Crippen molar-refractivity contribution < 1.29 is 8.78 Å². The molecule has 0 bridgehead atoms. The summed E-state index contributed by atoms with van der Waals surface area (Å²) in [7, 11) is 1.79. The van der Waals surface area contributed by atoms with Crippen LogP contribution in [-0.2, 0) is 12.7 Å². The molecular formula is C21H19F2N5. The Morgan fingerprint density at radius 3 is 2.54 bits per heavy atom. The van der Waals surface area contributed by atoms with Gasteiger partial charge in [0.1, 0.15) is 6.07 Å².